The van der Waals surface area contributed by atoms with E-state index in [1.807, 2.05) is 20.8 Å². The molecule has 2 unspecified atom stereocenters. The van der Waals surface area contributed by atoms with Crippen LogP contribution in [0.4, 0.5) is 0 Å². The number of aliphatic hydroxyl groups excluding tert-OH is 1. The number of aliphatic hydroxyl groups is 1. The molecule has 2 rings (SSSR count). The van der Waals surface area contributed by atoms with Crippen LogP contribution in [0.1, 0.15) is 38.0 Å². The topological polar surface area (TPSA) is 52.6 Å². The molecule has 5 heteroatoms. The summed E-state index contributed by atoms with van der Waals surface area (Å²) in [6.45, 7) is 8.43. The summed E-state index contributed by atoms with van der Waals surface area (Å²) in [4.78, 5) is 15.8. The normalized spacial score (nSPS) is 24.0. The largest absolute Gasteiger partial charge is 0.395 e. The molecule has 0 spiro atoms. The molecule has 1 amide bonds. The van der Waals surface area contributed by atoms with Gasteiger partial charge in [-0.25, -0.2) is 0 Å². The summed E-state index contributed by atoms with van der Waals surface area (Å²) in [5.41, 5.74) is -0.363. The Labute approximate surface area is 131 Å². The lowest BCUT2D eigenvalue weighted by Crippen LogP contribution is -2.52. The van der Waals surface area contributed by atoms with Crippen molar-refractivity contribution in [2.24, 2.45) is 5.41 Å². The molecular formula is C16H26N2O2S. The van der Waals surface area contributed by atoms with Gasteiger partial charge in [-0.2, -0.15) is 0 Å². The van der Waals surface area contributed by atoms with Gasteiger partial charge < -0.3 is 10.4 Å². The van der Waals surface area contributed by atoms with Crippen LogP contribution in [0.15, 0.2) is 17.5 Å². The van der Waals surface area contributed by atoms with E-state index in [9.17, 15) is 9.90 Å². The maximum atomic E-state index is 12.2. The summed E-state index contributed by atoms with van der Waals surface area (Å²) in [6, 6.07) is 4.40. The second-order valence-electron chi connectivity index (χ2n) is 6.85. The van der Waals surface area contributed by atoms with E-state index < -0.39 is 0 Å². The molecule has 1 saturated heterocycles. The van der Waals surface area contributed by atoms with Crippen LogP contribution >= 0.6 is 11.3 Å². The van der Waals surface area contributed by atoms with E-state index in [0.29, 0.717) is 12.5 Å². The van der Waals surface area contributed by atoms with Crippen molar-refractivity contribution < 1.29 is 9.90 Å². The van der Waals surface area contributed by atoms with Gasteiger partial charge in [-0.3, -0.25) is 9.69 Å². The third-order valence-corrected chi connectivity index (χ3v) is 4.94. The Morgan fingerprint density at radius 1 is 1.48 bits per heavy atom. The zero-order valence-corrected chi connectivity index (χ0v) is 13.9. The van der Waals surface area contributed by atoms with Crippen molar-refractivity contribution in [2.75, 3.05) is 26.2 Å². The number of hydrogen-bond donors (Lipinski definition) is 2. The summed E-state index contributed by atoms with van der Waals surface area (Å²) in [7, 11) is 0. The van der Waals surface area contributed by atoms with Crippen LogP contribution in [-0.2, 0) is 4.79 Å². The summed E-state index contributed by atoms with van der Waals surface area (Å²) in [6.07, 6.45) is 0.976. The second kappa shape index (κ2) is 6.90. The zero-order chi connectivity index (χ0) is 15.5. The smallest absolute Gasteiger partial charge is 0.225 e. The molecule has 118 valence electrons. The molecule has 1 aromatic heterocycles. The molecule has 0 saturated carbocycles. The van der Waals surface area contributed by atoms with Gasteiger partial charge in [0.15, 0.2) is 0 Å². The SMILES string of the molecule is CC(C)(C)C(=O)NC1CC(c2cccs2)CN(CCO)C1. The van der Waals surface area contributed by atoms with Gasteiger partial charge in [0.25, 0.3) is 0 Å². The summed E-state index contributed by atoms with van der Waals surface area (Å²) in [5.74, 6) is 0.541. The fourth-order valence-electron chi connectivity index (χ4n) is 2.75. The first kappa shape index (κ1) is 16.5. The minimum atomic E-state index is -0.363. The third-order valence-electron chi connectivity index (χ3n) is 3.90. The van der Waals surface area contributed by atoms with Crippen molar-refractivity contribution in [1.29, 1.82) is 0 Å². The lowest BCUT2D eigenvalue weighted by Gasteiger charge is -2.38. The number of nitrogens with zero attached hydrogens (tertiary/aromatic N) is 1. The Morgan fingerprint density at radius 3 is 2.81 bits per heavy atom. The van der Waals surface area contributed by atoms with Crippen molar-refractivity contribution in [3.63, 3.8) is 0 Å². The number of nitrogens with one attached hydrogen (secondary N) is 1. The Balaban J connectivity index is 2.04. The van der Waals surface area contributed by atoms with E-state index in [0.717, 1.165) is 19.5 Å². The van der Waals surface area contributed by atoms with E-state index in [1.165, 1.54) is 4.88 Å². The lowest BCUT2D eigenvalue weighted by molar-refractivity contribution is -0.129. The van der Waals surface area contributed by atoms with Crippen LogP contribution in [-0.4, -0.2) is 48.2 Å². The quantitative estimate of drug-likeness (QED) is 0.895. The van der Waals surface area contributed by atoms with Gasteiger partial charge in [0.1, 0.15) is 0 Å². The number of hydrogen-bond acceptors (Lipinski definition) is 4. The van der Waals surface area contributed by atoms with Gasteiger partial charge in [-0.05, 0) is 17.9 Å². The average Bonchev–Trinajstić information content (AvgIpc) is 2.91. The summed E-state index contributed by atoms with van der Waals surface area (Å²) < 4.78 is 0. The number of carbonyl (C=O) groups is 1. The highest BCUT2D eigenvalue weighted by Gasteiger charge is 2.31. The maximum absolute atomic E-state index is 12.2. The first-order chi connectivity index (χ1) is 9.90. The molecule has 2 heterocycles. The Kier molecular flexibility index (Phi) is 5.41. The number of amides is 1. The fourth-order valence-corrected chi connectivity index (χ4v) is 3.59. The average molecular weight is 310 g/mol. The minimum absolute atomic E-state index is 0.100. The number of rotatable bonds is 4. The van der Waals surface area contributed by atoms with E-state index in [1.54, 1.807) is 11.3 Å². The number of likely N-dealkylation sites (tertiary alicyclic amines) is 1. The van der Waals surface area contributed by atoms with E-state index in [2.05, 4.69) is 27.7 Å². The maximum Gasteiger partial charge on any atom is 0.225 e. The molecule has 0 aliphatic carbocycles. The molecule has 1 aromatic rings. The Bertz CT molecular complexity index is 453. The van der Waals surface area contributed by atoms with Crippen LogP contribution in [0.25, 0.3) is 0 Å². The van der Waals surface area contributed by atoms with Crippen molar-refractivity contribution in [3.8, 4) is 0 Å². The van der Waals surface area contributed by atoms with Gasteiger partial charge in [-0.1, -0.05) is 26.8 Å². The van der Waals surface area contributed by atoms with Crippen molar-refractivity contribution in [2.45, 2.75) is 39.2 Å². The van der Waals surface area contributed by atoms with Crippen molar-refractivity contribution in [3.05, 3.63) is 22.4 Å². The van der Waals surface area contributed by atoms with Crippen LogP contribution in [0.3, 0.4) is 0 Å². The predicted molar refractivity (Wildman–Crippen MR) is 86.6 cm³/mol. The van der Waals surface area contributed by atoms with Crippen molar-refractivity contribution in [1.82, 2.24) is 10.2 Å². The van der Waals surface area contributed by atoms with Crippen LogP contribution < -0.4 is 5.32 Å². The number of carbonyl (C=O) groups excluding carboxylic acids is 1. The van der Waals surface area contributed by atoms with Crippen LogP contribution in [0.2, 0.25) is 0 Å². The van der Waals surface area contributed by atoms with Gasteiger partial charge in [0.05, 0.1) is 6.61 Å². The van der Waals surface area contributed by atoms with E-state index in [-0.39, 0.29) is 24.0 Å². The molecule has 21 heavy (non-hydrogen) atoms. The van der Waals surface area contributed by atoms with Gasteiger partial charge >= 0.3 is 0 Å². The van der Waals surface area contributed by atoms with Gasteiger partial charge in [-0.15, -0.1) is 11.3 Å². The molecule has 1 aliphatic heterocycles. The Hall–Kier alpha value is -0.910. The first-order valence-electron chi connectivity index (χ1n) is 7.57. The van der Waals surface area contributed by atoms with Crippen LogP contribution in [0, 0.1) is 5.41 Å². The summed E-state index contributed by atoms with van der Waals surface area (Å²) in [5, 5.41) is 14.5. The molecule has 2 atom stereocenters. The van der Waals surface area contributed by atoms with Crippen molar-refractivity contribution >= 4 is 17.2 Å². The highest BCUT2D eigenvalue weighted by Crippen LogP contribution is 2.30. The monoisotopic (exact) mass is 310 g/mol. The predicted octanol–water partition coefficient (Wildman–Crippen LogP) is 2.06. The zero-order valence-electron chi connectivity index (χ0n) is 13.1. The first-order valence-corrected chi connectivity index (χ1v) is 8.45. The number of thiophene rings is 1. The highest BCUT2D eigenvalue weighted by molar-refractivity contribution is 7.10. The molecule has 0 bridgehead atoms. The number of piperidine rings is 1. The highest BCUT2D eigenvalue weighted by atomic mass is 32.1. The van der Waals surface area contributed by atoms with Crippen LogP contribution in [0.5, 0.6) is 0 Å². The van der Waals surface area contributed by atoms with E-state index in [4.69, 9.17) is 0 Å². The number of β-amino-alcohol motifs (C(OH)–C–C–N with tert-alkyl or cyclic N) is 1. The molecule has 4 nitrogen and oxygen atoms in total. The standard InChI is InChI=1S/C16H26N2O2S/c1-16(2,3)15(20)17-13-9-12(14-5-4-8-21-14)10-18(11-13)6-7-19/h4-5,8,12-13,19H,6-7,9-11H2,1-3H3,(H,17,20). The molecular weight excluding hydrogens is 284 g/mol. The third kappa shape index (κ3) is 4.53. The van der Waals surface area contributed by atoms with E-state index >= 15 is 0 Å². The second-order valence-corrected chi connectivity index (χ2v) is 7.83. The molecule has 0 radical (unpaired) electrons. The molecule has 0 aromatic carbocycles. The molecule has 1 fully saturated rings. The minimum Gasteiger partial charge on any atom is -0.395 e. The fraction of sp³-hybridized carbons (Fsp3) is 0.688. The molecule has 2 N–H and O–H groups in total. The molecule has 1 aliphatic rings. The Morgan fingerprint density at radius 2 is 2.24 bits per heavy atom. The summed E-state index contributed by atoms with van der Waals surface area (Å²) >= 11 is 1.77. The van der Waals surface area contributed by atoms with Gasteiger partial charge in [0.2, 0.25) is 5.91 Å². The lowest BCUT2D eigenvalue weighted by atomic mass is 9.90. The van der Waals surface area contributed by atoms with Gasteiger partial charge in [0, 0.05) is 41.9 Å².